The van der Waals surface area contributed by atoms with Gasteiger partial charge in [-0.1, -0.05) is 91.0 Å². The molecule has 0 atom stereocenters. The van der Waals surface area contributed by atoms with Crippen LogP contribution in [0.3, 0.4) is 0 Å². The van der Waals surface area contributed by atoms with Crippen LogP contribution in [0.4, 0.5) is 5.82 Å². The Bertz CT molecular complexity index is 1130. The Morgan fingerprint density at radius 3 is 1.70 bits per heavy atom. The molecule has 1 aliphatic heterocycles. The van der Waals surface area contributed by atoms with Gasteiger partial charge in [-0.3, -0.25) is 4.79 Å². The van der Waals surface area contributed by atoms with E-state index >= 15 is 0 Å². The number of anilines is 1. The second kappa shape index (κ2) is 9.65. The molecule has 2 heterocycles. The maximum atomic E-state index is 13.6. The minimum Gasteiger partial charge on any atom is -0.352 e. The predicted octanol–water partition coefficient (Wildman–Crippen LogP) is 4.62. The van der Waals surface area contributed by atoms with Crippen molar-refractivity contribution < 1.29 is 4.79 Å². The van der Waals surface area contributed by atoms with Gasteiger partial charge in [0.2, 0.25) is 5.91 Å². The molecule has 1 aliphatic rings. The third-order valence-electron chi connectivity index (χ3n) is 6.15. The summed E-state index contributed by atoms with van der Waals surface area (Å²) in [5, 5.41) is 8.87. The van der Waals surface area contributed by atoms with Gasteiger partial charge >= 0.3 is 0 Å². The molecule has 33 heavy (non-hydrogen) atoms. The van der Waals surface area contributed by atoms with Crippen molar-refractivity contribution in [3.8, 4) is 11.3 Å². The average Bonchev–Trinajstić information content (AvgIpc) is 2.91. The number of nitrogens with zero attached hydrogens (tertiary/aromatic N) is 4. The summed E-state index contributed by atoms with van der Waals surface area (Å²) in [6.07, 6.45) is 0. The molecule has 5 heteroatoms. The van der Waals surface area contributed by atoms with Crippen molar-refractivity contribution in [3.05, 3.63) is 114 Å². The minimum atomic E-state index is -0.288. The number of carbonyl (C=O) groups excluding carboxylic acids is 1. The first-order chi connectivity index (χ1) is 16.3. The zero-order chi connectivity index (χ0) is 22.5. The Kier molecular flexibility index (Phi) is 6.11. The van der Waals surface area contributed by atoms with Crippen molar-refractivity contribution in [3.63, 3.8) is 0 Å². The van der Waals surface area contributed by atoms with Crippen LogP contribution in [0.15, 0.2) is 103 Å². The molecule has 4 aromatic rings. The molecule has 0 bridgehead atoms. The number of carbonyl (C=O) groups is 1. The summed E-state index contributed by atoms with van der Waals surface area (Å²) in [6.45, 7) is 2.80. The van der Waals surface area contributed by atoms with Crippen LogP contribution in [0.5, 0.6) is 0 Å². The van der Waals surface area contributed by atoms with Crippen LogP contribution in [-0.2, 0) is 4.79 Å². The number of hydrogen-bond acceptors (Lipinski definition) is 4. The summed E-state index contributed by atoms with van der Waals surface area (Å²) in [4.78, 5) is 17.8. The molecule has 1 amide bonds. The number of piperazine rings is 1. The van der Waals surface area contributed by atoms with Crippen LogP contribution in [0, 0.1) is 0 Å². The molecule has 1 saturated heterocycles. The van der Waals surface area contributed by atoms with E-state index in [1.165, 1.54) is 0 Å². The maximum Gasteiger partial charge on any atom is 0.234 e. The molecule has 0 N–H and O–H groups in total. The van der Waals surface area contributed by atoms with Crippen molar-refractivity contribution >= 4 is 11.7 Å². The number of amides is 1. The molecule has 1 fully saturated rings. The van der Waals surface area contributed by atoms with Gasteiger partial charge in [-0.25, -0.2) is 0 Å². The Labute approximate surface area is 194 Å². The van der Waals surface area contributed by atoms with Crippen LogP contribution in [0.25, 0.3) is 11.3 Å². The Morgan fingerprint density at radius 2 is 1.18 bits per heavy atom. The second-order valence-corrected chi connectivity index (χ2v) is 8.21. The van der Waals surface area contributed by atoms with Crippen LogP contribution < -0.4 is 4.90 Å². The zero-order valence-corrected chi connectivity index (χ0v) is 18.4. The van der Waals surface area contributed by atoms with Gasteiger partial charge in [0.25, 0.3) is 0 Å². The van der Waals surface area contributed by atoms with E-state index in [4.69, 9.17) is 0 Å². The van der Waals surface area contributed by atoms with Gasteiger partial charge in [0.15, 0.2) is 5.82 Å². The van der Waals surface area contributed by atoms with E-state index in [0.29, 0.717) is 13.1 Å². The van der Waals surface area contributed by atoms with Gasteiger partial charge in [-0.05, 0) is 23.3 Å². The predicted molar refractivity (Wildman–Crippen MR) is 131 cm³/mol. The van der Waals surface area contributed by atoms with E-state index in [1.807, 2.05) is 108 Å². The second-order valence-electron chi connectivity index (χ2n) is 8.21. The molecule has 0 saturated carbocycles. The first-order valence-corrected chi connectivity index (χ1v) is 11.3. The smallest absolute Gasteiger partial charge is 0.234 e. The number of benzene rings is 3. The van der Waals surface area contributed by atoms with Gasteiger partial charge < -0.3 is 9.80 Å². The molecule has 5 nitrogen and oxygen atoms in total. The molecular weight excluding hydrogens is 408 g/mol. The van der Waals surface area contributed by atoms with Gasteiger partial charge in [-0.15, -0.1) is 10.2 Å². The van der Waals surface area contributed by atoms with E-state index in [2.05, 4.69) is 15.1 Å². The minimum absolute atomic E-state index is 0.151. The van der Waals surface area contributed by atoms with Gasteiger partial charge in [0, 0.05) is 31.7 Å². The summed E-state index contributed by atoms with van der Waals surface area (Å²) >= 11 is 0. The average molecular weight is 435 g/mol. The molecule has 5 rings (SSSR count). The summed E-state index contributed by atoms with van der Waals surface area (Å²) in [6, 6.07) is 34.2. The quantitative estimate of drug-likeness (QED) is 0.460. The van der Waals surface area contributed by atoms with E-state index in [-0.39, 0.29) is 11.8 Å². The zero-order valence-electron chi connectivity index (χ0n) is 18.4. The van der Waals surface area contributed by atoms with Gasteiger partial charge in [0.1, 0.15) is 0 Å². The molecule has 0 radical (unpaired) electrons. The molecule has 1 aromatic heterocycles. The topological polar surface area (TPSA) is 49.3 Å². The highest BCUT2D eigenvalue weighted by Gasteiger charge is 2.30. The Hall–Kier alpha value is -3.99. The maximum absolute atomic E-state index is 13.6. The lowest BCUT2D eigenvalue weighted by molar-refractivity contribution is -0.132. The van der Waals surface area contributed by atoms with Crippen LogP contribution >= 0.6 is 0 Å². The van der Waals surface area contributed by atoms with E-state index < -0.39 is 0 Å². The summed E-state index contributed by atoms with van der Waals surface area (Å²) < 4.78 is 0. The van der Waals surface area contributed by atoms with Crippen molar-refractivity contribution in [2.24, 2.45) is 0 Å². The van der Waals surface area contributed by atoms with Crippen LogP contribution in [-0.4, -0.2) is 47.2 Å². The molecule has 0 unspecified atom stereocenters. The largest absolute Gasteiger partial charge is 0.352 e. The normalized spacial score (nSPS) is 13.8. The van der Waals surface area contributed by atoms with Crippen molar-refractivity contribution in [2.75, 3.05) is 31.1 Å². The Balaban J connectivity index is 1.28. The fourth-order valence-electron chi connectivity index (χ4n) is 4.36. The SMILES string of the molecule is O=C(C(c1ccccc1)c1ccccc1)N1CCN(c2ccc(-c3ccccc3)nn2)CC1. The highest BCUT2D eigenvalue weighted by molar-refractivity contribution is 5.87. The summed E-state index contributed by atoms with van der Waals surface area (Å²) in [7, 11) is 0. The summed E-state index contributed by atoms with van der Waals surface area (Å²) in [5.74, 6) is 0.714. The molecule has 0 aliphatic carbocycles. The van der Waals surface area contributed by atoms with Crippen LogP contribution in [0.2, 0.25) is 0 Å². The molecule has 0 spiro atoms. The fourth-order valence-corrected chi connectivity index (χ4v) is 4.36. The first kappa shape index (κ1) is 20.9. The number of rotatable bonds is 5. The lowest BCUT2D eigenvalue weighted by atomic mass is 9.90. The van der Waals surface area contributed by atoms with Crippen LogP contribution in [0.1, 0.15) is 17.0 Å². The molecule has 164 valence electrons. The lowest BCUT2D eigenvalue weighted by Gasteiger charge is -2.37. The monoisotopic (exact) mass is 434 g/mol. The molecule has 3 aromatic carbocycles. The number of hydrogen-bond donors (Lipinski definition) is 0. The molecular formula is C28H26N4O. The van der Waals surface area contributed by atoms with Gasteiger partial charge in [0.05, 0.1) is 11.6 Å². The van der Waals surface area contributed by atoms with Crippen molar-refractivity contribution in [1.29, 1.82) is 0 Å². The fraction of sp³-hybridized carbons (Fsp3) is 0.179. The van der Waals surface area contributed by atoms with Gasteiger partial charge in [-0.2, -0.15) is 0 Å². The van der Waals surface area contributed by atoms with Crippen molar-refractivity contribution in [2.45, 2.75) is 5.92 Å². The van der Waals surface area contributed by atoms with E-state index in [1.54, 1.807) is 0 Å². The van der Waals surface area contributed by atoms with Crippen molar-refractivity contribution in [1.82, 2.24) is 15.1 Å². The lowest BCUT2D eigenvalue weighted by Crippen LogP contribution is -2.50. The first-order valence-electron chi connectivity index (χ1n) is 11.3. The van der Waals surface area contributed by atoms with E-state index in [9.17, 15) is 4.79 Å². The number of aromatic nitrogens is 2. The van der Waals surface area contributed by atoms with E-state index in [0.717, 1.165) is 41.3 Å². The third kappa shape index (κ3) is 4.62. The highest BCUT2D eigenvalue weighted by atomic mass is 16.2. The highest BCUT2D eigenvalue weighted by Crippen LogP contribution is 2.28. The summed E-state index contributed by atoms with van der Waals surface area (Å²) in [5.41, 5.74) is 3.97. The third-order valence-corrected chi connectivity index (χ3v) is 6.15. The Morgan fingerprint density at radius 1 is 0.636 bits per heavy atom. The standard InChI is InChI=1S/C28H26N4O/c33-28(27(23-12-6-2-7-13-23)24-14-8-3-9-15-24)32-20-18-31(19-21-32)26-17-16-25(29-30-26)22-10-4-1-5-11-22/h1-17,27H,18-21H2.